The van der Waals surface area contributed by atoms with Gasteiger partial charge in [0.05, 0.1) is 19.3 Å². The number of amidine groups is 1. The Kier molecular flexibility index (Phi) is 5.89. The number of halogens is 2. The maximum absolute atomic E-state index is 14.2. The minimum absolute atomic E-state index is 0.00419. The number of carbonyl (C=O) groups is 1. The number of ether oxygens (including phenoxy) is 1. The topological polar surface area (TPSA) is 63.0 Å². The summed E-state index contributed by atoms with van der Waals surface area (Å²) in [6.45, 7) is 7.87. The van der Waals surface area contributed by atoms with Crippen LogP contribution in [0.5, 0.6) is 0 Å². The molecule has 9 heteroatoms. The Labute approximate surface area is 204 Å². The number of fused-ring (bicyclic) bond motifs is 1. The van der Waals surface area contributed by atoms with Gasteiger partial charge < -0.3 is 14.5 Å². The summed E-state index contributed by atoms with van der Waals surface area (Å²) in [4.78, 5) is 21.3. The van der Waals surface area contributed by atoms with Gasteiger partial charge in [0.1, 0.15) is 11.4 Å². The van der Waals surface area contributed by atoms with Crippen molar-refractivity contribution in [3.05, 3.63) is 46.8 Å². The van der Waals surface area contributed by atoms with Gasteiger partial charge >= 0.3 is 6.09 Å². The van der Waals surface area contributed by atoms with Crippen molar-refractivity contribution in [3.8, 4) is 11.1 Å². The summed E-state index contributed by atoms with van der Waals surface area (Å²) in [5.41, 5.74) is 4.68. The van der Waals surface area contributed by atoms with Crippen LogP contribution in [0.2, 0.25) is 0 Å². The van der Waals surface area contributed by atoms with Crippen LogP contribution in [-0.2, 0) is 18.2 Å². The predicted molar refractivity (Wildman–Crippen MR) is 131 cm³/mol. The van der Waals surface area contributed by atoms with Crippen LogP contribution in [0.25, 0.3) is 11.1 Å². The van der Waals surface area contributed by atoms with E-state index in [4.69, 9.17) is 9.73 Å². The minimum Gasteiger partial charge on any atom is -0.444 e. The zero-order valence-electron chi connectivity index (χ0n) is 20.6. The lowest BCUT2D eigenvalue weighted by Crippen LogP contribution is -2.44. The summed E-state index contributed by atoms with van der Waals surface area (Å²) >= 11 is 0. The number of amides is 1. The molecule has 7 nitrogen and oxygen atoms in total. The molecule has 3 aliphatic heterocycles. The van der Waals surface area contributed by atoms with Crippen molar-refractivity contribution in [2.24, 2.45) is 12.0 Å². The Morgan fingerprint density at radius 2 is 1.97 bits per heavy atom. The second-order valence-corrected chi connectivity index (χ2v) is 10.4. The fraction of sp³-hybridized carbons (Fsp3) is 0.500. The molecule has 186 valence electrons. The van der Waals surface area contributed by atoms with Gasteiger partial charge in [0.15, 0.2) is 0 Å². The normalized spacial score (nSPS) is 18.1. The molecule has 0 radical (unpaired) electrons. The van der Waals surface area contributed by atoms with Crippen molar-refractivity contribution in [2.75, 3.05) is 31.1 Å². The number of hydrogen-bond donors (Lipinski definition) is 0. The van der Waals surface area contributed by atoms with Crippen LogP contribution >= 0.6 is 0 Å². The molecule has 0 saturated heterocycles. The molecule has 0 fully saturated rings. The molecule has 0 bridgehead atoms. The molecule has 35 heavy (non-hydrogen) atoms. The first kappa shape index (κ1) is 23.5. The zero-order chi connectivity index (χ0) is 24.9. The van der Waals surface area contributed by atoms with Gasteiger partial charge in [-0.05, 0) is 68.9 Å². The van der Waals surface area contributed by atoms with Crippen LogP contribution in [0.4, 0.5) is 19.3 Å². The molecule has 1 amide bonds. The minimum atomic E-state index is -2.61. The first-order chi connectivity index (χ1) is 16.6. The molecule has 0 N–H and O–H groups in total. The van der Waals surface area contributed by atoms with Crippen LogP contribution in [0.15, 0.2) is 40.7 Å². The lowest BCUT2D eigenvalue weighted by atomic mass is 9.92. The Hall–Kier alpha value is -3.23. The number of alkyl halides is 2. The van der Waals surface area contributed by atoms with Gasteiger partial charge in [0.25, 0.3) is 6.43 Å². The number of aryl methyl sites for hydroxylation is 2. The molecule has 0 atom stereocenters. The second kappa shape index (κ2) is 8.77. The van der Waals surface area contributed by atoms with Gasteiger partial charge in [-0.15, -0.1) is 0 Å². The molecule has 2 aromatic rings. The third-order valence-electron chi connectivity index (χ3n) is 6.68. The van der Waals surface area contributed by atoms with E-state index in [0.29, 0.717) is 37.3 Å². The van der Waals surface area contributed by atoms with Crippen LogP contribution < -0.4 is 4.90 Å². The zero-order valence-corrected chi connectivity index (χ0v) is 20.6. The Morgan fingerprint density at radius 3 is 2.66 bits per heavy atom. The molecule has 0 saturated carbocycles. The molecular weight excluding hydrogens is 452 g/mol. The lowest BCUT2D eigenvalue weighted by molar-refractivity contribution is 0.0263. The fourth-order valence-electron chi connectivity index (χ4n) is 5.06. The quantitative estimate of drug-likeness (QED) is 0.594. The average molecular weight is 484 g/mol. The van der Waals surface area contributed by atoms with Gasteiger partial charge in [-0.2, -0.15) is 5.10 Å². The van der Waals surface area contributed by atoms with E-state index in [0.717, 1.165) is 41.9 Å². The predicted octanol–water partition coefficient (Wildman–Crippen LogP) is 5.13. The standard InChI is InChI=1S/C26H31F2N5O2/c1-26(2,3)35-25(34)32-9-7-17-12-29-24(21(17)15-32)33-8-5-6-16-10-19(18-13-30-31(4)14-18)20(23(27)28)11-22(16)33/h10-11,13-14,23H,5-9,12,15H2,1-4H3. The van der Waals surface area contributed by atoms with Crippen molar-refractivity contribution in [1.29, 1.82) is 0 Å². The van der Waals surface area contributed by atoms with Crippen LogP contribution in [0, 0.1) is 0 Å². The highest BCUT2D eigenvalue weighted by molar-refractivity contribution is 6.13. The van der Waals surface area contributed by atoms with E-state index >= 15 is 0 Å². The first-order valence-corrected chi connectivity index (χ1v) is 12.1. The van der Waals surface area contributed by atoms with E-state index in [1.807, 2.05) is 26.8 Å². The molecule has 1 aromatic heterocycles. The summed E-state index contributed by atoms with van der Waals surface area (Å²) in [6.07, 6.45) is 2.88. The maximum Gasteiger partial charge on any atom is 0.410 e. The van der Waals surface area contributed by atoms with Gasteiger partial charge in [0, 0.05) is 48.7 Å². The second-order valence-electron chi connectivity index (χ2n) is 10.4. The average Bonchev–Trinajstić information content (AvgIpc) is 3.42. The molecule has 5 rings (SSSR count). The number of anilines is 1. The van der Waals surface area contributed by atoms with Crippen LogP contribution in [-0.4, -0.2) is 58.4 Å². The highest BCUT2D eigenvalue weighted by atomic mass is 19.3. The SMILES string of the molecule is Cn1cc(-c2cc3c(cc2C(F)F)N(C2=NCC4=C2CN(C(=O)OC(C)(C)C)CC4)CCC3)cn1. The van der Waals surface area contributed by atoms with Crippen molar-refractivity contribution in [3.63, 3.8) is 0 Å². The lowest BCUT2D eigenvalue weighted by Gasteiger charge is -2.36. The molecule has 0 unspecified atom stereocenters. The van der Waals surface area contributed by atoms with Gasteiger partial charge in [-0.25, -0.2) is 13.6 Å². The monoisotopic (exact) mass is 483 g/mol. The van der Waals surface area contributed by atoms with Crippen LogP contribution in [0.1, 0.15) is 51.2 Å². The summed E-state index contributed by atoms with van der Waals surface area (Å²) in [5.74, 6) is 0.795. The molecule has 3 aliphatic rings. The maximum atomic E-state index is 14.2. The number of nitrogens with zero attached hydrogens (tertiary/aromatic N) is 5. The number of aromatic nitrogens is 2. The van der Waals surface area contributed by atoms with E-state index in [9.17, 15) is 13.6 Å². The third kappa shape index (κ3) is 4.56. The van der Waals surface area contributed by atoms with E-state index in [1.54, 1.807) is 35.1 Å². The summed E-state index contributed by atoms with van der Waals surface area (Å²) in [6, 6.07) is 3.51. The highest BCUT2D eigenvalue weighted by Gasteiger charge is 2.35. The van der Waals surface area contributed by atoms with Gasteiger partial charge in [-0.1, -0.05) is 0 Å². The number of hydrogen-bond acceptors (Lipinski definition) is 5. The van der Waals surface area contributed by atoms with Gasteiger partial charge in [-0.3, -0.25) is 9.67 Å². The summed E-state index contributed by atoms with van der Waals surface area (Å²) < 4.78 is 35.6. The van der Waals surface area contributed by atoms with Crippen molar-refractivity contribution in [2.45, 2.75) is 52.1 Å². The van der Waals surface area contributed by atoms with Crippen molar-refractivity contribution in [1.82, 2.24) is 14.7 Å². The molecule has 4 heterocycles. The number of rotatable bonds is 2. The smallest absolute Gasteiger partial charge is 0.410 e. The molecule has 0 spiro atoms. The highest BCUT2D eigenvalue weighted by Crippen LogP contribution is 2.40. The summed E-state index contributed by atoms with van der Waals surface area (Å²) in [5, 5.41) is 4.17. The van der Waals surface area contributed by atoms with E-state index in [1.165, 1.54) is 5.57 Å². The Bertz CT molecular complexity index is 1220. The first-order valence-electron chi connectivity index (χ1n) is 12.1. The van der Waals surface area contributed by atoms with Crippen molar-refractivity contribution < 1.29 is 18.3 Å². The number of benzene rings is 1. The van der Waals surface area contributed by atoms with E-state index in [2.05, 4.69) is 10.00 Å². The van der Waals surface area contributed by atoms with Crippen LogP contribution in [0.3, 0.4) is 0 Å². The fourth-order valence-corrected chi connectivity index (χ4v) is 5.06. The number of aliphatic imine (C=N–C) groups is 1. The molecular formula is C26H31F2N5O2. The molecule has 1 aromatic carbocycles. The molecule has 0 aliphatic carbocycles. The van der Waals surface area contributed by atoms with Gasteiger partial charge in [0.2, 0.25) is 0 Å². The van der Waals surface area contributed by atoms with E-state index in [-0.39, 0.29) is 11.7 Å². The van der Waals surface area contributed by atoms with E-state index < -0.39 is 12.0 Å². The Morgan fingerprint density at radius 1 is 1.17 bits per heavy atom. The largest absolute Gasteiger partial charge is 0.444 e. The Balaban J connectivity index is 1.47. The third-order valence-corrected chi connectivity index (χ3v) is 6.68. The summed E-state index contributed by atoms with van der Waals surface area (Å²) in [7, 11) is 1.78. The van der Waals surface area contributed by atoms with Crippen molar-refractivity contribution >= 4 is 17.6 Å². The number of carbonyl (C=O) groups excluding carboxylic acids is 1.